The molecule has 407 valence electrons. The zero-order valence-electron chi connectivity index (χ0n) is 41.0. The summed E-state index contributed by atoms with van der Waals surface area (Å²) in [6.45, 7) is -0.412. The van der Waals surface area contributed by atoms with Gasteiger partial charge in [0.15, 0.2) is 0 Å². The van der Waals surface area contributed by atoms with Gasteiger partial charge in [-0.15, -0.1) is 0 Å². The van der Waals surface area contributed by atoms with Crippen molar-refractivity contribution < 1.29 is 70.5 Å². The molecule has 0 fully saturated rings. The molecule has 0 amide bonds. The predicted molar refractivity (Wildman–Crippen MR) is 276 cm³/mol. The zero-order chi connectivity index (χ0) is 54.5. The van der Waals surface area contributed by atoms with Crippen LogP contribution in [0.15, 0.2) is 92.4 Å². The number of nitrogens with zero attached hydrogens (tertiary/aromatic N) is 10. The van der Waals surface area contributed by atoms with Crippen LogP contribution in [-0.4, -0.2) is 163 Å². The average Bonchev–Trinajstić information content (AvgIpc) is 4.12. The van der Waals surface area contributed by atoms with E-state index in [0.29, 0.717) is 25.9 Å². The first-order valence-corrected chi connectivity index (χ1v) is 28.8. The third-order valence-electron chi connectivity index (χ3n) is 11.8. The first-order chi connectivity index (χ1) is 35.9. The maximum atomic E-state index is 13.7. The molecule has 0 saturated heterocycles. The van der Waals surface area contributed by atoms with Gasteiger partial charge in [-0.25, -0.2) is 53.1 Å². The number of hydrogen-bond acceptors (Lipinski definition) is 18. The van der Waals surface area contributed by atoms with Crippen molar-refractivity contribution >= 4 is 96.2 Å². The molecule has 0 aliphatic carbocycles. The summed E-state index contributed by atoms with van der Waals surface area (Å²) in [6, 6.07) is 15.8. The summed E-state index contributed by atoms with van der Waals surface area (Å²) in [7, 11) is -9.74. The van der Waals surface area contributed by atoms with Crippen molar-refractivity contribution in [3.8, 4) is 45.6 Å². The van der Waals surface area contributed by atoms with Gasteiger partial charge in [0, 0.05) is 57.9 Å². The smallest absolute Gasteiger partial charge is 0.480 e. The monoisotopic (exact) mass is 1180 g/mol. The van der Waals surface area contributed by atoms with Crippen LogP contribution in [0.5, 0.6) is 0 Å². The number of carboxylic acid groups (broad SMARTS) is 2. The summed E-state index contributed by atoms with van der Waals surface area (Å²) in [5.41, 5.74) is 0.153. The van der Waals surface area contributed by atoms with Crippen molar-refractivity contribution in [3.63, 3.8) is 0 Å². The summed E-state index contributed by atoms with van der Waals surface area (Å²) >= 11 is 0. The van der Waals surface area contributed by atoms with Crippen molar-refractivity contribution in [3.05, 3.63) is 72.8 Å². The fraction of sp³-hybridized carbons (Fsp3) is 0.261. The SMILES string of the molecule is CN(C)CCCNS(=O)(=O)c1ccc2c3nc4nc(nc5[n-]c(nc6nc(nc([n-]3)c2c1)-c1ccc(S(=O)(=O)NCC(=O)O)cc1-6)c1ccc(S(=O)(=O)NCCCN(C)C)cc51)-c1ccc(S(=O)(=O)NCC(=O)O)cc1-4.[Cu+2]. The number of aliphatic carboxylic acids is 2. The average molecular weight is 1180 g/mol. The number of rotatable bonds is 20. The summed E-state index contributed by atoms with van der Waals surface area (Å²) in [5, 5.41) is 19.3. The van der Waals surface area contributed by atoms with E-state index < -0.39 is 65.1 Å². The minimum atomic E-state index is -4.45. The molecule has 31 heteroatoms. The molecule has 0 saturated carbocycles. The molecular formula is C46H46CuN14O12S4. The molecule has 9 rings (SSSR count). The van der Waals surface area contributed by atoms with Gasteiger partial charge in [-0.05, 0) is 124 Å². The quantitative estimate of drug-likeness (QED) is 0.0463. The number of aromatic nitrogens is 8. The Kier molecular flexibility index (Phi) is 16.1. The summed E-state index contributed by atoms with van der Waals surface area (Å²) in [6.07, 6.45) is 1.00. The first kappa shape index (κ1) is 56.5. The van der Waals surface area contributed by atoms with Crippen LogP contribution in [0.3, 0.4) is 0 Å². The van der Waals surface area contributed by atoms with Crippen LogP contribution in [0.4, 0.5) is 0 Å². The maximum Gasteiger partial charge on any atom is 2.00 e. The third-order valence-corrected chi connectivity index (χ3v) is 17.5. The van der Waals surface area contributed by atoms with E-state index in [4.69, 9.17) is 39.9 Å². The molecular weight excluding hydrogens is 1130 g/mol. The molecule has 8 bridgehead atoms. The van der Waals surface area contributed by atoms with Crippen LogP contribution in [0.25, 0.3) is 89.7 Å². The number of hydrogen-bond donors (Lipinski definition) is 6. The van der Waals surface area contributed by atoms with Crippen LogP contribution in [-0.2, 0) is 66.8 Å². The molecule has 4 aromatic carbocycles. The standard InChI is InChI=1S/C46H48N14O12S4.Cu/c1-59(2)17-5-15-47-73(65,66)25-7-11-29-33(19-25)43-51-39(29)55-45-36-22-28(76(71,72)50-24-38(63)64)10-14-32(36)42(58-45)54-44-34-20-26(74(67,68)48-16-6-18-60(3)4)8-12-30(34)40(52-44)56-46-35-21-27(75(69,70)49-23-37(61)62)9-13-31(35)41(53-43)57-46;/h7-14,19-22,47-50H,5-6,15-18,23-24H2,1-4H3,(H4,51,52,53,54,55,56,57,58,61,62,63,64);/q;+2/p-2. The molecule has 2 aliphatic heterocycles. The van der Waals surface area contributed by atoms with E-state index in [2.05, 4.69) is 9.44 Å². The minimum Gasteiger partial charge on any atom is -0.480 e. The van der Waals surface area contributed by atoms with Crippen LogP contribution >= 0.6 is 0 Å². The fourth-order valence-corrected chi connectivity index (χ4v) is 12.3. The van der Waals surface area contributed by atoms with Crippen LogP contribution in [0, 0.1) is 0 Å². The molecule has 77 heavy (non-hydrogen) atoms. The van der Waals surface area contributed by atoms with Crippen molar-refractivity contribution in [2.75, 3.05) is 67.5 Å². The molecule has 5 heterocycles. The van der Waals surface area contributed by atoms with E-state index in [0.717, 1.165) is 0 Å². The van der Waals surface area contributed by atoms with Gasteiger partial charge in [-0.2, -0.15) is 9.44 Å². The topological polar surface area (TPSA) is 371 Å². The van der Waals surface area contributed by atoms with Crippen molar-refractivity contribution in [2.45, 2.75) is 32.4 Å². The summed E-state index contributed by atoms with van der Waals surface area (Å²) < 4.78 is 118. The molecule has 3 aromatic heterocycles. The van der Waals surface area contributed by atoms with Crippen LogP contribution < -0.4 is 28.9 Å². The Morgan fingerprint density at radius 2 is 0.753 bits per heavy atom. The van der Waals surface area contributed by atoms with E-state index in [1.807, 2.05) is 47.4 Å². The Balaban J connectivity index is 0.00000784. The van der Waals surface area contributed by atoms with E-state index in [1.54, 1.807) is 0 Å². The van der Waals surface area contributed by atoms with Gasteiger partial charge in [0.25, 0.3) is 0 Å². The molecule has 0 unspecified atom stereocenters. The summed E-state index contributed by atoms with van der Waals surface area (Å²) in [5.74, 6) is -3.38. The maximum absolute atomic E-state index is 13.7. The number of benzene rings is 4. The van der Waals surface area contributed by atoms with Gasteiger partial charge in [0.05, 0.1) is 42.9 Å². The Labute approximate surface area is 450 Å². The number of sulfonamides is 4. The van der Waals surface area contributed by atoms with Gasteiger partial charge in [0.1, 0.15) is 13.1 Å². The summed E-state index contributed by atoms with van der Waals surface area (Å²) in [4.78, 5) is 63.6. The second kappa shape index (κ2) is 21.9. The van der Waals surface area contributed by atoms with Gasteiger partial charge in [0.2, 0.25) is 40.1 Å². The molecule has 6 N–H and O–H groups in total. The molecule has 26 nitrogen and oxygen atoms in total. The minimum absolute atomic E-state index is 0. The number of carbonyl (C=O) groups is 2. The van der Waals surface area contributed by atoms with Crippen LogP contribution in [0.1, 0.15) is 12.8 Å². The van der Waals surface area contributed by atoms with Gasteiger partial charge >= 0.3 is 29.0 Å². The molecule has 0 atom stereocenters. The Hall–Kier alpha value is -6.74. The van der Waals surface area contributed by atoms with E-state index in [1.165, 1.54) is 72.8 Å². The Morgan fingerprint density at radius 3 is 1.10 bits per heavy atom. The van der Waals surface area contributed by atoms with E-state index in [9.17, 15) is 53.5 Å². The number of fused-ring (bicyclic) bond motifs is 20. The zero-order valence-corrected chi connectivity index (χ0v) is 45.2. The molecule has 2 aliphatic rings. The number of carboxylic acids is 2. The van der Waals surface area contributed by atoms with Crippen molar-refractivity contribution in [2.24, 2.45) is 0 Å². The predicted octanol–water partition coefficient (Wildman–Crippen LogP) is 1.31. The van der Waals surface area contributed by atoms with Gasteiger partial charge in [-0.1, -0.05) is 24.3 Å². The van der Waals surface area contributed by atoms with E-state index >= 15 is 0 Å². The number of nitrogens with one attached hydrogen (secondary N) is 4. The van der Waals surface area contributed by atoms with Crippen LogP contribution in [0.2, 0.25) is 0 Å². The Bertz CT molecular complexity index is 3930. The second-order valence-corrected chi connectivity index (χ2v) is 24.9. The van der Waals surface area contributed by atoms with Crippen molar-refractivity contribution in [1.82, 2.24) is 68.6 Å². The largest absolute Gasteiger partial charge is 2.00 e. The normalized spacial score (nSPS) is 12.8. The van der Waals surface area contributed by atoms with Gasteiger partial charge in [-0.3, -0.25) is 9.59 Å². The first-order valence-electron chi connectivity index (χ1n) is 22.9. The Morgan fingerprint density at radius 1 is 0.442 bits per heavy atom. The molecule has 7 aromatic rings. The second-order valence-electron chi connectivity index (χ2n) is 17.9. The van der Waals surface area contributed by atoms with Crippen molar-refractivity contribution in [1.29, 1.82) is 0 Å². The van der Waals surface area contributed by atoms with E-state index in [-0.39, 0.29) is 139 Å². The fourth-order valence-electron chi connectivity index (χ4n) is 8.10. The van der Waals surface area contributed by atoms with Gasteiger partial charge < -0.3 is 49.9 Å². The molecule has 0 spiro atoms. The molecule has 1 radical (unpaired) electrons. The third kappa shape index (κ3) is 12.0.